The van der Waals surface area contributed by atoms with Crippen molar-refractivity contribution in [1.82, 2.24) is 4.98 Å². The summed E-state index contributed by atoms with van der Waals surface area (Å²) in [6.07, 6.45) is -2.55. The molecule has 34 heavy (non-hydrogen) atoms. The maximum atomic E-state index is 13.4. The third-order valence-corrected chi connectivity index (χ3v) is 5.83. The predicted octanol–water partition coefficient (Wildman–Crippen LogP) is 4.14. The normalized spacial score (nSPS) is 20.1. The molecule has 0 radical (unpaired) electrons. The SMILES string of the molecule is CC1(C)C(=O)N(c2ccc(C#N)c(C(F)(F)F)c2)C(=O)N1c1ccc(OCC2CCOC2)nc1. The minimum absolute atomic E-state index is 0.274. The van der Waals surface area contributed by atoms with Gasteiger partial charge in [-0.3, -0.25) is 9.69 Å². The molecular formula is C23H21F3N4O4. The van der Waals surface area contributed by atoms with E-state index in [0.717, 1.165) is 18.6 Å². The fraction of sp³-hybridized carbons (Fsp3) is 0.391. The summed E-state index contributed by atoms with van der Waals surface area (Å²) in [5, 5.41) is 9.01. The molecule has 2 aromatic rings. The summed E-state index contributed by atoms with van der Waals surface area (Å²) in [7, 11) is 0. The van der Waals surface area contributed by atoms with Gasteiger partial charge in [0.1, 0.15) is 5.54 Å². The van der Waals surface area contributed by atoms with Crippen LogP contribution in [0.1, 0.15) is 31.4 Å². The second kappa shape index (κ2) is 8.61. The van der Waals surface area contributed by atoms with Crippen molar-refractivity contribution in [1.29, 1.82) is 5.26 Å². The number of carbonyl (C=O) groups is 2. The standard InChI is InChI=1S/C23H21F3N4O4/c1-22(2)20(31)29(16-4-3-15(10-27)18(9-16)23(24,25)26)21(32)30(22)17-5-6-19(28-11-17)34-13-14-7-8-33-12-14/h3-6,9,11,14H,7-8,12-13H2,1-2H3. The van der Waals surface area contributed by atoms with E-state index in [1.807, 2.05) is 0 Å². The summed E-state index contributed by atoms with van der Waals surface area (Å²) in [4.78, 5) is 32.4. The summed E-state index contributed by atoms with van der Waals surface area (Å²) in [6.45, 7) is 4.74. The van der Waals surface area contributed by atoms with Gasteiger partial charge < -0.3 is 9.47 Å². The van der Waals surface area contributed by atoms with Gasteiger partial charge in [-0.25, -0.2) is 14.7 Å². The highest BCUT2D eigenvalue weighted by Gasteiger charge is 2.53. The lowest BCUT2D eigenvalue weighted by atomic mass is 10.0. The first-order valence-electron chi connectivity index (χ1n) is 10.5. The summed E-state index contributed by atoms with van der Waals surface area (Å²) in [5.74, 6) is -0.0946. The molecule has 3 heterocycles. The van der Waals surface area contributed by atoms with Gasteiger partial charge in [0.2, 0.25) is 5.88 Å². The Kier molecular flexibility index (Phi) is 5.95. The Labute approximate surface area is 193 Å². The number of pyridine rings is 1. The number of anilines is 2. The van der Waals surface area contributed by atoms with Crippen molar-refractivity contribution in [3.8, 4) is 11.9 Å². The van der Waals surface area contributed by atoms with Crippen molar-refractivity contribution in [2.75, 3.05) is 29.6 Å². The number of nitrogens with zero attached hydrogens (tertiary/aromatic N) is 4. The van der Waals surface area contributed by atoms with Crippen molar-refractivity contribution in [3.63, 3.8) is 0 Å². The van der Waals surface area contributed by atoms with E-state index in [4.69, 9.17) is 14.7 Å². The van der Waals surface area contributed by atoms with Crippen LogP contribution in [0.5, 0.6) is 5.88 Å². The van der Waals surface area contributed by atoms with Crippen LogP contribution >= 0.6 is 0 Å². The van der Waals surface area contributed by atoms with E-state index in [1.54, 1.807) is 12.1 Å². The predicted molar refractivity (Wildman–Crippen MR) is 114 cm³/mol. The summed E-state index contributed by atoms with van der Waals surface area (Å²) in [5.41, 5.74) is -3.21. The van der Waals surface area contributed by atoms with Crippen LogP contribution < -0.4 is 14.5 Å². The van der Waals surface area contributed by atoms with Crippen molar-refractivity contribution < 1.29 is 32.2 Å². The van der Waals surface area contributed by atoms with E-state index >= 15 is 0 Å². The van der Waals surface area contributed by atoms with Gasteiger partial charge in [-0.05, 0) is 44.5 Å². The first kappa shape index (κ1) is 23.5. The number of amides is 3. The Morgan fingerprint density at radius 1 is 1.24 bits per heavy atom. The molecule has 178 valence electrons. The van der Waals surface area contributed by atoms with Gasteiger partial charge in [-0.2, -0.15) is 18.4 Å². The molecule has 2 aliphatic rings. The second-order valence-electron chi connectivity index (χ2n) is 8.55. The molecule has 2 saturated heterocycles. The molecule has 3 amide bonds. The molecule has 0 N–H and O–H groups in total. The number of hydrogen-bond acceptors (Lipinski definition) is 6. The molecule has 8 nitrogen and oxygen atoms in total. The number of alkyl halides is 3. The minimum atomic E-state index is -4.83. The van der Waals surface area contributed by atoms with Crippen LogP contribution in [0.25, 0.3) is 0 Å². The van der Waals surface area contributed by atoms with Crippen LogP contribution in [0.3, 0.4) is 0 Å². The molecule has 2 aliphatic heterocycles. The Hall–Kier alpha value is -3.65. The zero-order valence-electron chi connectivity index (χ0n) is 18.4. The second-order valence-corrected chi connectivity index (χ2v) is 8.55. The van der Waals surface area contributed by atoms with Gasteiger partial charge >= 0.3 is 12.2 Å². The molecule has 1 aromatic heterocycles. The Morgan fingerprint density at radius 2 is 1.97 bits per heavy atom. The Balaban J connectivity index is 1.61. The number of carbonyl (C=O) groups excluding carboxylic acids is 2. The van der Waals surface area contributed by atoms with Gasteiger partial charge in [-0.15, -0.1) is 0 Å². The van der Waals surface area contributed by atoms with Crippen LogP contribution in [0.15, 0.2) is 36.5 Å². The molecule has 2 fully saturated rings. The first-order chi connectivity index (χ1) is 16.0. The highest BCUT2D eigenvalue weighted by Crippen LogP contribution is 2.39. The van der Waals surface area contributed by atoms with E-state index in [9.17, 15) is 22.8 Å². The number of benzene rings is 1. The monoisotopic (exact) mass is 474 g/mol. The smallest absolute Gasteiger partial charge is 0.417 e. The number of imide groups is 1. The Bertz CT molecular complexity index is 1150. The fourth-order valence-electron chi connectivity index (χ4n) is 3.97. The van der Waals surface area contributed by atoms with Gasteiger partial charge in [0, 0.05) is 18.6 Å². The summed E-state index contributed by atoms with van der Waals surface area (Å²) < 4.78 is 51.2. The molecule has 0 bridgehead atoms. The molecule has 4 rings (SSSR count). The van der Waals surface area contributed by atoms with Crippen molar-refractivity contribution >= 4 is 23.3 Å². The van der Waals surface area contributed by atoms with E-state index in [-0.39, 0.29) is 17.3 Å². The number of halogens is 3. The average molecular weight is 474 g/mol. The largest absolute Gasteiger partial charge is 0.477 e. The number of hydrogen-bond donors (Lipinski definition) is 0. The maximum absolute atomic E-state index is 13.4. The maximum Gasteiger partial charge on any atom is 0.417 e. The third kappa shape index (κ3) is 4.17. The third-order valence-electron chi connectivity index (χ3n) is 5.83. The van der Waals surface area contributed by atoms with Gasteiger partial charge in [-0.1, -0.05) is 0 Å². The zero-order valence-corrected chi connectivity index (χ0v) is 18.4. The lowest BCUT2D eigenvalue weighted by Gasteiger charge is -2.27. The van der Waals surface area contributed by atoms with Crippen LogP contribution in [-0.4, -0.2) is 42.3 Å². The number of nitriles is 1. The average Bonchev–Trinajstić information content (AvgIpc) is 3.37. The van der Waals surface area contributed by atoms with Crippen molar-refractivity contribution in [2.24, 2.45) is 5.92 Å². The van der Waals surface area contributed by atoms with Crippen LogP contribution in [0.4, 0.5) is 29.3 Å². The van der Waals surface area contributed by atoms with Gasteiger partial charge in [0.25, 0.3) is 5.91 Å². The van der Waals surface area contributed by atoms with E-state index in [1.165, 1.54) is 31.0 Å². The molecule has 0 spiro atoms. The fourth-order valence-corrected chi connectivity index (χ4v) is 3.97. The minimum Gasteiger partial charge on any atom is -0.477 e. The van der Waals surface area contributed by atoms with E-state index < -0.39 is 34.8 Å². The molecule has 0 saturated carbocycles. The van der Waals surface area contributed by atoms with Crippen molar-refractivity contribution in [2.45, 2.75) is 32.0 Å². The quantitative estimate of drug-likeness (QED) is 0.605. The first-order valence-corrected chi connectivity index (χ1v) is 10.5. The Morgan fingerprint density at radius 3 is 2.56 bits per heavy atom. The van der Waals surface area contributed by atoms with Crippen molar-refractivity contribution in [3.05, 3.63) is 47.7 Å². The molecule has 1 unspecified atom stereocenters. The lowest BCUT2D eigenvalue weighted by molar-refractivity contribution is -0.137. The highest BCUT2D eigenvalue weighted by atomic mass is 19.4. The van der Waals surface area contributed by atoms with E-state index in [0.29, 0.717) is 36.7 Å². The van der Waals surface area contributed by atoms with E-state index in [2.05, 4.69) is 4.98 Å². The topological polar surface area (TPSA) is 95.8 Å². The molecule has 0 aliphatic carbocycles. The van der Waals surface area contributed by atoms with Crippen LogP contribution in [0.2, 0.25) is 0 Å². The van der Waals surface area contributed by atoms with Crippen LogP contribution in [-0.2, 0) is 15.7 Å². The number of urea groups is 1. The zero-order chi connectivity index (χ0) is 24.7. The number of ether oxygens (including phenoxy) is 2. The summed E-state index contributed by atoms with van der Waals surface area (Å²) >= 11 is 0. The molecule has 1 aromatic carbocycles. The number of rotatable bonds is 5. The van der Waals surface area contributed by atoms with Gasteiger partial charge in [0.05, 0.1) is 48.0 Å². The highest BCUT2D eigenvalue weighted by molar-refractivity contribution is 6.30. The molecule has 11 heteroatoms. The van der Waals surface area contributed by atoms with Crippen LogP contribution in [0, 0.1) is 17.2 Å². The molecule has 1 atom stereocenters. The van der Waals surface area contributed by atoms with Gasteiger partial charge in [0.15, 0.2) is 0 Å². The summed E-state index contributed by atoms with van der Waals surface area (Å²) in [6, 6.07) is 6.49. The molecular weight excluding hydrogens is 453 g/mol. The lowest BCUT2D eigenvalue weighted by Crippen LogP contribution is -2.44. The number of aromatic nitrogens is 1.